The van der Waals surface area contributed by atoms with Gasteiger partial charge in [-0.25, -0.2) is 0 Å². The summed E-state index contributed by atoms with van der Waals surface area (Å²) in [6.07, 6.45) is 4.10. The average molecular weight is 146 g/mol. The second-order valence-corrected chi connectivity index (χ2v) is 5.91. The van der Waals surface area contributed by atoms with Crippen LogP contribution in [0.2, 0.25) is 0 Å². The molecule has 0 amide bonds. The highest BCUT2D eigenvalue weighted by Gasteiger charge is 2.13. The predicted molar refractivity (Wildman–Crippen MR) is 43.8 cm³/mol. The molecule has 0 saturated heterocycles. The summed E-state index contributed by atoms with van der Waals surface area (Å²) in [5.74, 6) is 0. The van der Waals surface area contributed by atoms with Gasteiger partial charge in [-0.3, -0.25) is 0 Å². The van der Waals surface area contributed by atoms with E-state index in [1.807, 2.05) is 13.8 Å². The summed E-state index contributed by atoms with van der Waals surface area (Å²) in [6.45, 7) is 7.53. The minimum atomic E-state index is -1.80. The molecule has 9 heavy (non-hydrogen) atoms. The van der Waals surface area contributed by atoms with Crippen LogP contribution in [0.5, 0.6) is 0 Å². The molecule has 0 aromatic heterocycles. The zero-order valence-electron chi connectivity index (χ0n) is 6.26. The highest BCUT2D eigenvalue weighted by atomic mass is 31.2. The summed E-state index contributed by atoms with van der Waals surface area (Å²) in [5, 5.41) is 0. The van der Waals surface area contributed by atoms with Gasteiger partial charge in [0.05, 0.1) is 7.14 Å². The Bertz CT molecular complexity index is 121. The van der Waals surface area contributed by atoms with Crippen LogP contribution in [0.3, 0.4) is 0 Å². The summed E-state index contributed by atoms with van der Waals surface area (Å²) < 4.78 is 11.5. The summed E-state index contributed by atoms with van der Waals surface area (Å²) >= 11 is 0. The van der Waals surface area contributed by atoms with Crippen LogP contribution in [0.25, 0.3) is 0 Å². The first-order chi connectivity index (χ1) is 4.18. The lowest BCUT2D eigenvalue weighted by Crippen LogP contribution is -1.91. The van der Waals surface area contributed by atoms with Crippen LogP contribution in [0, 0.1) is 0 Å². The predicted octanol–water partition coefficient (Wildman–Crippen LogP) is 2.58. The fraction of sp³-hybridized carbons (Fsp3) is 0.714. The van der Waals surface area contributed by atoms with Gasteiger partial charge in [0.1, 0.15) is 0 Å². The molecule has 0 heterocycles. The fourth-order valence-electron chi connectivity index (χ4n) is 0.717. The summed E-state index contributed by atoms with van der Waals surface area (Å²) in [6, 6.07) is 0. The van der Waals surface area contributed by atoms with Crippen LogP contribution in [-0.4, -0.2) is 18.5 Å². The molecule has 0 aromatic rings. The van der Waals surface area contributed by atoms with Crippen molar-refractivity contribution >= 4 is 7.14 Å². The maximum Gasteiger partial charge on any atom is 0.0907 e. The molecular weight excluding hydrogens is 131 g/mol. The molecule has 0 radical (unpaired) electrons. The third-order valence-corrected chi connectivity index (χ3v) is 4.84. The second kappa shape index (κ2) is 3.90. The summed E-state index contributed by atoms with van der Waals surface area (Å²) in [5.41, 5.74) is 0. The lowest BCUT2D eigenvalue weighted by molar-refractivity contribution is 0.578. The molecule has 0 rings (SSSR count). The third kappa shape index (κ3) is 2.86. The molecule has 0 aromatic carbocycles. The van der Waals surface area contributed by atoms with Gasteiger partial charge in [0, 0.05) is 6.16 Å². The van der Waals surface area contributed by atoms with Crippen molar-refractivity contribution in [3.05, 3.63) is 12.7 Å². The average Bonchev–Trinajstić information content (AvgIpc) is 1.89. The van der Waals surface area contributed by atoms with E-state index in [9.17, 15) is 4.57 Å². The van der Waals surface area contributed by atoms with Crippen molar-refractivity contribution in [1.29, 1.82) is 0 Å². The van der Waals surface area contributed by atoms with Crippen LogP contribution in [0.4, 0.5) is 0 Å². The molecule has 54 valence electrons. The van der Waals surface area contributed by atoms with Crippen molar-refractivity contribution < 1.29 is 4.57 Å². The van der Waals surface area contributed by atoms with Gasteiger partial charge in [0.2, 0.25) is 0 Å². The van der Waals surface area contributed by atoms with Crippen molar-refractivity contribution in [1.82, 2.24) is 0 Å². The van der Waals surface area contributed by atoms with E-state index in [1.165, 1.54) is 0 Å². The molecule has 0 N–H and O–H groups in total. The van der Waals surface area contributed by atoms with E-state index >= 15 is 0 Å². The van der Waals surface area contributed by atoms with E-state index in [2.05, 4.69) is 6.58 Å². The van der Waals surface area contributed by atoms with E-state index in [0.717, 1.165) is 12.3 Å². The molecule has 0 unspecified atom stereocenters. The number of hydrogen-bond acceptors (Lipinski definition) is 1. The molecule has 0 bridgehead atoms. The summed E-state index contributed by atoms with van der Waals surface area (Å²) in [4.78, 5) is 0. The van der Waals surface area contributed by atoms with Crippen LogP contribution in [0.15, 0.2) is 12.7 Å². The molecule has 0 saturated carbocycles. The largest absolute Gasteiger partial charge is 0.323 e. The Morgan fingerprint density at radius 1 is 1.44 bits per heavy atom. The Labute approximate surface area is 57.5 Å². The van der Waals surface area contributed by atoms with Crippen molar-refractivity contribution in [2.75, 3.05) is 18.5 Å². The molecule has 0 aliphatic rings. The zero-order valence-corrected chi connectivity index (χ0v) is 7.16. The van der Waals surface area contributed by atoms with Crippen molar-refractivity contribution in [3.8, 4) is 0 Å². The van der Waals surface area contributed by atoms with E-state index < -0.39 is 7.14 Å². The standard InChI is InChI=1S/C7H15OP/c1-4-7-9(8,5-2)6-3/h4H,1,5-7H2,2-3H3. The maximum atomic E-state index is 11.5. The fourth-order valence-corrected chi connectivity index (χ4v) is 2.15. The molecule has 0 aliphatic carbocycles. The monoisotopic (exact) mass is 146 g/mol. The first kappa shape index (κ1) is 8.97. The maximum absolute atomic E-state index is 11.5. The minimum Gasteiger partial charge on any atom is -0.323 e. The van der Waals surface area contributed by atoms with Gasteiger partial charge in [0.25, 0.3) is 0 Å². The SMILES string of the molecule is C=CCP(=O)(CC)CC. The normalized spacial score (nSPS) is 11.3. The molecule has 0 atom stereocenters. The van der Waals surface area contributed by atoms with Gasteiger partial charge in [-0.1, -0.05) is 19.9 Å². The second-order valence-electron chi connectivity index (χ2n) is 2.16. The lowest BCUT2D eigenvalue weighted by Gasteiger charge is -2.09. The van der Waals surface area contributed by atoms with Gasteiger partial charge in [-0.05, 0) is 12.3 Å². The molecule has 2 heteroatoms. The van der Waals surface area contributed by atoms with Crippen LogP contribution >= 0.6 is 7.14 Å². The Morgan fingerprint density at radius 3 is 2.00 bits per heavy atom. The highest BCUT2D eigenvalue weighted by Crippen LogP contribution is 2.44. The smallest absolute Gasteiger partial charge is 0.0907 e. The van der Waals surface area contributed by atoms with E-state index in [4.69, 9.17) is 0 Å². The quantitative estimate of drug-likeness (QED) is 0.440. The van der Waals surface area contributed by atoms with E-state index in [0.29, 0.717) is 6.16 Å². The molecule has 0 spiro atoms. The third-order valence-electron chi connectivity index (χ3n) is 1.61. The highest BCUT2D eigenvalue weighted by molar-refractivity contribution is 7.64. The molecular formula is C7H15OP. The molecule has 0 aliphatic heterocycles. The topological polar surface area (TPSA) is 17.1 Å². The van der Waals surface area contributed by atoms with Crippen LogP contribution in [-0.2, 0) is 4.57 Å². The van der Waals surface area contributed by atoms with Crippen LogP contribution < -0.4 is 0 Å². The van der Waals surface area contributed by atoms with Gasteiger partial charge in [0.15, 0.2) is 0 Å². The Morgan fingerprint density at radius 2 is 1.89 bits per heavy atom. The van der Waals surface area contributed by atoms with Gasteiger partial charge >= 0.3 is 0 Å². The van der Waals surface area contributed by atoms with Gasteiger partial charge in [-0.15, -0.1) is 6.58 Å². The van der Waals surface area contributed by atoms with Crippen LogP contribution in [0.1, 0.15) is 13.8 Å². The van der Waals surface area contributed by atoms with Crippen molar-refractivity contribution in [2.24, 2.45) is 0 Å². The number of hydrogen-bond donors (Lipinski definition) is 0. The lowest BCUT2D eigenvalue weighted by atomic mass is 10.8. The van der Waals surface area contributed by atoms with Crippen molar-refractivity contribution in [3.63, 3.8) is 0 Å². The first-order valence-electron chi connectivity index (χ1n) is 3.36. The summed E-state index contributed by atoms with van der Waals surface area (Å²) in [7, 11) is -1.80. The van der Waals surface area contributed by atoms with Gasteiger partial charge in [-0.2, -0.15) is 0 Å². The zero-order chi connectivity index (χ0) is 7.33. The first-order valence-corrected chi connectivity index (χ1v) is 5.62. The Kier molecular flexibility index (Phi) is 3.88. The van der Waals surface area contributed by atoms with Crippen molar-refractivity contribution in [2.45, 2.75) is 13.8 Å². The molecule has 1 nitrogen and oxygen atoms in total. The van der Waals surface area contributed by atoms with Gasteiger partial charge < -0.3 is 4.57 Å². The van der Waals surface area contributed by atoms with E-state index in [1.54, 1.807) is 6.08 Å². The van der Waals surface area contributed by atoms with E-state index in [-0.39, 0.29) is 0 Å². The minimum absolute atomic E-state index is 0.708. The Balaban J connectivity index is 3.93. The number of allylic oxidation sites excluding steroid dienone is 1. The number of rotatable bonds is 4. The molecule has 0 fully saturated rings. The Hall–Kier alpha value is -0.0300.